The van der Waals surface area contributed by atoms with Gasteiger partial charge in [0.15, 0.2) is 0 Å². The molecule has 0 heteroatoms. The summed E-state index contributed by atoms with van der Waals surface area (Å²) in [4.78, 5) is 0. The van der Waals surface area contributed by atoms with Crippen LogP contribution in [0.1, 0.15) is 55.4 Å². The van der Waals surface area contributed by atoms with Gasteiger partial charge < -0.3 is 0 Å². The Labute approximate surface area is 102 Å². The summed E-state index contributed by atoms with van der Waals surface area (Å²) < 4.78 is 0. The lowest BCUT2D eigenvalue weighted by molar-refractivity contribution is 0.488. The van der Waals surface area contributed by atoms with Crippen molar-refractivity contribution in [1.82, 2.24) is 0 Å². The maximum Gasteiger partial charge on any atom is 0.0342 e. The van der Waals surface area contributed by atoms with Crippen LogP contribution in [0.15, 0.2) is 34.9 Å². The van der Waals surface area contributed by atoms with Gasteiger partial charge in [-0.1, -0.05) is 48.8 Å². The van der Waals surface area contributed by atoms with Gasteiger partial charge in [-0.25, -0.2) is 0 Å². The third-order valence-corrected chi connectivity index (χ3v) is 3.70. The molecule has 0 bridgehead atoms. The summed E-state index contributed by atoms with van der Waals surface area (Å²) in [5, 5.41) is 0. The second kappa shape index (κ2) is 6.08. The fourth-order valence-electron chi connectivity index (χ4n) is 2.14. The average molecular weight is 219 g/mol. The molecule has 0 aromatic rings. The molecule has 16 heavy (non-hydrogen) atoms. The molecule has 0 rings (SSSR count). The summed E-state index contributed by atoms with van der Waals surface area (Å²) in [7, 11) is 0. The van der Waals surface area contributed by atoms with Gasteiger partial charge in [0.05, 0.1) is 0 Å². The Morgan fingerprint density at radius 3 is 1.38 bits per heavy atom. The minimum Gasteiger partial charge on any atom is -0.0881 e. The van der Waals surface area contributed by atoms with E-state index in [1.54, 1.807) is 0 Å². The van der Waals surface area contributed by atoms with Crippen molar-refractivity contribution in [2.45, 2.75) is 55.4 Å². The first-order valence-electron chi connectivity index (χ1n) is 6.10. The summed E-state index contributed by atoms with van der Waals surface area (Å²) in [5.74, 6) is 1.45. The molecule has 0 unspecified atom stereocenters. The molecule has 0 atom stereocenters. The third-order valence-electron chi connectivity index (χ3n) is 3.70. The van der Waals surface area contributed by atoms with Crippen LogP contribution in [-0.4, -0.2) is 0 Å². The van der Waals surface area contributed by atoms with Crippen molar-refractivity contribution >= 4 is 0 Å². The van der Waals surface area contributed by atoms with Crippen molar-refractivity contribution in [1.29, 1.82) is 0 Å². The Balaban J connectivity index is 5.53. The van der Waals surface area contributed by atoms with Gasteiger partial charge in [-0.3, -0.25) is 0 Å². The molecule has 0 nitrogen and oxygen atoms in total. The molecule has 0 fully saturated rings. The molecule has 0 aromatic carbocycles. The van der Waals surface area contributed by atoms with Crippen molar-refractivity contribution in [2.24, 2.45) is 5.41 Å². The van der Waals surface area contributed by atoms with Gasteiger partial charge >= 0.3 is 0 Å². The van der Waals surface area contributed by atoms with Crippen molar-refractivity contribution in [3.63, 3.8) is 0 Å². The Kier molecular flexibility index (Phi) is 5.78. The van der Waals surface area contributed by atoms with Crippen molar-refractivity contribution in [3.8, 4) is 0 Å². The molecule has 0 aliphatic rings. The lowest BCUT2D eigenvalue weighted by atomic mass is 9.67. The number of rotatable bonds is 4. The highest BCUT2D eigenvalue weighted by Gasteiger charge is 2.33. The Bertz CT molecular complexity index is 293. The number of allylic oxidation sites excluding steroid dienone is 6. The first-order valence-corrected chi connectivity index (χ1v) is 6.10. The SMILES string of the molecule is CC=C(C)[C](C(C)=CC)C(C)(C)C(C)=CC. The molecule has 0 amide bonds. The van der Waals surface area contributed by atoms with Gasteiger partial charge in [-0.05, 0) is 47.0 Å². The summed E-state index contributed by atoms with van der Waals surface area (Å²) in [6, 6.07) is 0. The van der Waals surface area contributed by atoms with E-state index in [-0.39, 0.29) is 5.41 Å². The monoisotopic (exact) mass is 219 g/mol. The minimum absolute atomic E-state index is 0.113. The zero-order chi connectivity index (χ0) is 12.9. The van der Waals surface area contributed by atoms with Gasteiger partial charge in [-0.2, -0.15) is 0 Å². The fourth-order valence-corrected chi connectivity index (χ4v) is 2.14. The Morgan fingerprint density at radius 2 is 1.12 bits per heavy atom. The second-order valence-electron chi connectivity index (χ2n) is 4.92. The number of hydrogen-bond acceptors (Lipinski definition) is 0. The smallest absolute Gasteiger partial charge is 0.0342 e. The molecule has 0 aromatic heterocycles. The van der Waals surface area contributed by atoms with Gasteiger partial charge in [0.1, 0.15) is 0 Å². The fraction of sp³-hybridized carbons (Fsp3) is 0.562. The average Bonchev–Trinajstić information content (AvgIpc) is 2.26. The largest absolute Gasteiger partial charge is 0.0881 e. The Morgan fingerprint density at radius 1 is 0.750 bits per heavy atom. The molecule has 0 aliphatic heterocycles. The van der Waals surface area contributed by atoms with E-state index in [1.807, 2.05) is 0 Å². The van der Waals surface area contributed by atoms with E-state index < -0.39 is 0 Å². The molecule has 0 aliphatic carbocycles. The van der Waals surface area contributed by atoms with Crippen molar-refractivity contribution in [2.75, 3.05) is 0 Å². The summed E-state index contributed by atoms with van der Waals surface area (Å²) in [6.45, 7) is 17.6. The lowest BCUT2D eigenvalue weighted by Gasteiger charge is -2.36. The third kappa shape index (κ3) is 3.10. The van der Waals surface area contributed by atoms with Crippen LogP contribution in [0.5, 0.6) is 0 Å². The second-order valence-corrected chi connectivity index (χ2v) is 4.92. The maximum atomic E-state index is 2.30. The van der Waals surface area contributed by atoms with E-state index >= 15 is 0 Å². The van der Waals surface area contributed by atoms with E-state index in [2.05, 4.69) is 73.6 Å². The molecular weight excluding hydrogens is 192 g/mol. The van der Waals surface area contributed by atoms with Gasteiger partial charge in [0.2, 0.25) is 0 Å². The minimum atomic E-state index is 0.113. The summed E-state index contributed by atoms with van der Waals surface area (Å²) in [6.07, 6.45) is 6.62. The van der Waals surface area contributed by atoms with Gasteiger partial charge in [0, 0.05) is 5.92 Å². The molecule has 0 heterocycles. The molecule has 91 valence electrons. The summed E-state index contributed by atoms with van der Waals surface area (Å²) in [5.41, 5.74) is 4.29. The Hall–Kier alpha value is -0.780. The predicted octanol–water partition coefficient (Wildman–Crippen LogP) is 5.49. The van der Waals surface area contributed by atoms with E-state index in [9.17, 15) is 0 Å². The van der Waals surface area contributed by atoms with Crippen LogP contribution in [0.4, 0.5) is 0 Å². The molecule has 0 saturated heterocycles. The molecule has 0 spiro atoms. The van der Waals surface area contributed by atoms with Crippen LogP contribution in [0.2, 0.25) is 0 Å². The quantitative estimate of drug-likeness (QED) is 0.549. The highest BCUT2D eigenvalue weighted by Crippen LogP contribution is 2.44. The molecular formula is C16H27. The van der Waals surface area contributed by atoms with E-state index in [0.717, 1.165) is 0 Å². The van der Waals surface area contributed by atoms with Gasteiger partial charge in [-0.15, -0.1) is 0 Å². The lowest BCUT2D eigenvalue weighted by Crippen LogP contribution is -2.25. The molecule has 0 N–H and O–H groups in total. The van der Waals surface area contributed by atoms with E-state index in [1.165, 1.54) is 22.6 Å². The van der Waals surface area contributed by atoms with Crippen LogP contribution in [-0.2, 0) is 0 Å². The molecule has 0 saturated carbocycles. The summed E-state index contributed by atoms with van der Waals surface area (Å²) >= 11 is 0. The first kappa shape index (κ1) is 15.2. The highest BCUT2D eigenvalue weighted by atomic mass is 14.4. The van der Waals surface area contributed by atoms with Crippen molar-refractivity contribution in [3.05, 3.63) is 40.9 Å². The van der Waals surface area contributed by atoms with Crippen LogP contribution in [0, 0.1) is 11.3 Å². The molecule has 1 radical (unpaired) electrons. The van der Waals surface area contributed by atoms with E-state index in [0.29, 0.717) is 0 Å². The number of hydrogen-bond donors (Lipinski definition) is 0. The first-order chi connectivity index (χ1) is 7.32. The van der Waals surface area contributed by atoms with Crippen LogP contribution in [0.3, 0.4) is 0 Å². The maximum absolute atomic E-state index is 2.30. The van der Waals surface area contributed by atoms with E-state index in [4.69, 9.17) is 0 Å². The van der Waals surface area contributed by atoms with Crippen LogP contribution in [0.25, 0.3) is 0 Å². The van der Waals surface area contributed by atoms with Crippen LogP contribution < -0.4 is 0 Å². The van der Waals surface area contributed by atoms with Gasteiger partial charge in [0.25, 0.3) is 0 Å². The predicted molar refractivity (Wildman–Crippen MR) is 75.3 cm³/mol. The topological polar surface area (TPSA) is 0 Å². The zero-order valence-corrected chi connectivity index (χ0v) is 12.2. The zero-order valence-electron chi connectivity index (χ0n) is 12.2. The normalized spacial score (nSPS) is 15.9. The highest BCUT2D eigenvalue weighted by molar-refractivity contribution is 5.45. The standard InChI is InChI=1S/C16H27/c1-9-12(4)15(13(5)10-2)16(7,8)14(6)11-3/h9-11H,1-8H3. The van der Waals surface area contributed by atoms with Crippen molar-refractivity contribution < 1.29 is 0 Å². The van der Waals surface area contributed by atoms with Crippen LogP contribution >= 0.6 is 0 Å².